The van der Waals surface area contributed by atoms with E-state index in [1.54, 1.807) is 0 Å². The Morgan fingerprint density at radius 1 is 1.11 bits per heavy atom. The van der Waals surface area contributed by atoms with Crippen molar-refractivity contribution in [1.29, 1.82) is 0 Å². The van der Waals surface area contributed by atoms with Gasteiger partial charge in [-0.3, -0.25) is 14.6 Å². The van der Waals surface area contributed by atoms with Gasteiger partial charge in [0.05, 0.1) is 6.04 Å². The first-order valence-corrected chi connectivity index (χ1v) is 10.7. The van der Waals surface area contributed by atoms with Crippen LogP contribution < -0.4 is 27.8 Å². The topological polar surface area (TPSA) is 186 Å². The minimum Gasteiger partial charge on any atom is -0.480 e. The van der Waals surface area contributed by atoms with Crippen molar-refractivity contribution in [3.05, 3.63) is 0 Å². The van der Waals surface area contributed by atoms with Crippen LogP contribution in [0.25, 0.3) is 0 Å². The number of aliphatic imine (C=N–C) groups is 1. The van der Waals surface area contributed by atoms with Crippen LogP contribution in [0.4, 0.5) is 0 Å². The number of guanidine groups is 1. The molecule has 0 heterocycles. The number of amides is 2. The van der Waals surface area contributed by atoms with E-state index in [9.17, 15) is 19.5 Å². The Bertz CT molecular complexity index is 542. The maximum Gasteiger partial charge on any atom is 0.326 e. The number of rotatable bonds is 14. The smallest absolute Gasteiger partial charge is 0.326 e. The van der Waals surface area contributed by atoms with E-state index >= 15 is 0 Å². The minimum atomic E-state index is -1.12. The highest BCUT2D eigenvalue weighted by atomic mass is 32.2. The largest absolute Gasteiger partial charge is 0.480 e. The third kappa shape index (κ3) is 10.4. The van der Waals surface area contributed by atoms with Crippen LogP contribution >= 0.6 is 11.8 Å². The Morgan fingerprint density at radius 3 is 2.21 bits per heavy atom. The number of hydrogen-bond acceptors (Lipinski definition) is 6. The zero-order valence-corrected chi connectivity index (χ0v) is 17.6. The lowest BCUT2D eigenvalue weighted by Crippen LogP contribution is -2.55. The first-order chi connectivity index (χ1) is 13.1. The highest BCUT2D eigenvalue weighted by Gasteiger charge is 2.28. The second-order valence-corrected chi connectivity index (χ2v) is 7.59. The molecule has 0 aliphatic rings. The van der Waals surface area contributed by atoms with E-state index in [-0.39, 0.29) is 31.3 Å². The Labute approximate surface area is 170 Å². The van der Waals surface area contributed by atoms with Crippen molar-refractivity contribution >= 4 is 35.5 Å². The molecule has 10 nitrogen and oxygen atoms in total. The van der Waals surface area contributed by atoms with Gasteiger partial charge in [0.25, 0.3) is 0 Å². The van der Waals surface area contributed by atoms with Gasteiger partial charge in [0, 0.05) is 6.54 Å². The molecule has 0 aliphatic carbocycles. The number of carboxylic acids is 1. The third-order valence-electron chi connectivity index (χ3n) is 4.36. The van der Waals surface area contributed by atoms with Crippen molar-refractivity contribution in [2.24, 2.45) is 28.1 Å². The molecule has 28 heavy (non-hydrogen) atoms. The molecule has 0 bridgehead atoms. The highest BCUT2D eigenvalue weighted by Crippen LogP contribution is 2.08. The third-order valence-corrected chi connectivity index (χ3v) is 5.01. The number of hydrogen-bond donors (Lipinski definition) is 6. The predicted molar refractivity (Wildman–Crippen MR) is 112 cm³/mol. The summed E-state index contributed by atoms with van der Waals surface area (Å²) in [6.45, 7) is 4.05. The Balaban J connectivity index is 5.12. The molecule has 0 spiro atoms. The minimum absolute atomic E-state index is 0.0568. The number of carbonyl (C=O) groups excluding carboxylic acids is 2. The molecule has 0 radical (unpaired) electrons. The summed E-state index contributed by atoms with van der Waals surface area (Å²) in [5.74, 6) is -1.68. The van der Waals surface area contributed by atoms with E-state index in [0.717, 1.165) is 0 Å². The van der Waals surface area contributed by atoms with Gasteiger partial charge < -0.3 is 32.9 Å². The fraction of sp³-hybridized carbons (Fsp3) is 0.765. The molecule has 4 unspecified atom stereocenters. The lowest BCUT2D eigenvalue weighted by molar-refractivity contribution is -0.142. The van der Waals surface area contributed by atoms with Gasteiger partial charge in [0.2, 0.25) is 11.8 Å². The summed E-state index contributed by atoms with van der Waals surface area (Å²) in [5, 5.41) is 14.4. The fourth-order valence-corrected chi connectivity index (χ4v) is 2.79. The quantitative estimate of drug-likeness (QED) is 0.120. The second kappa shape index (κ2) is 14.1. The monoisotopic (exact) mass is 418 g/mol. The molecule has 11 heteroatoms. The van der Waals surface area contributed by atoms with Crippen molar-refractivity contribution in [3.8, 4) is 0 Å². The van der Waals surface area contributed by atoms with Crippen LogP contribution in [-0.2, 0) is 14.4 Å². The van der Waals surface area contributed by atoms with E-state index < -0.39 is 35.9 Å². The molecule has 2 amide bonds. The van der Waals surface area contributed by atoms with Gasteiger partial charge in [0.1, 0.15) is 12.1 Å². The van der Waals surface area contributed by atoms with E-state index in [0.29, 0.717) is 18.6 Å². The predicted octanol–water partition coefficient (Wildman–Crippen LogP) is -0.779. The van der Waals surface area contributed by atoms with E-state index in [1.807, 2.05) is 20.1 Å². The molecule has 162 valence electrons. The Morgan fingerprint density at radius 2 is 1.71 bits per heavy atom. The van der Waals surface area contributed by atoms with Crippen LogP contribution in [0.1, 0.15) is 39.5 Å². The van der Waals surface area contributed by atoms with Crippen LogP contribution in [0.5, 0.6) is 0 Å². The maximum absolute atomic E-state index is 12.6. The van der Waals surface area contributed by atoms with Crippen molar-refractivity contribution in [3.63, 3.8) is 0 Å². The first kappa shape index (κ1) is 26.0. The Kier molecular flexibility index (Phi) is 13.0. The van der Waals surface area contributed by atoms with Gasteiger partial charge in [-0.25, -0.2) is 4.79 Å². The summed E-state index contributed by atoms with van der Waals surface area (Å²) in [6, 6.07) is -2.71. The molecule has 0 aromatic heterocycles. The van der Waals surface area contributed by atoms with Crippen LogP contribution in [0, 0.1) is 5.92 Å². The number of nitrogens with zero attached hydrogens (tertiary/aromatic N) is 1. The van der Waals surface area contributed by atoms with Gasteiger partial charge >= 0.3 is 5.97 Å². The summed E-state index contributed by atoms with van der Waals surface area (Å²) in [7, 11) is 0. The summed E-state index contributed by atoms with van der Waals surface area (Å²) in [5.41, 5.74) is 16.5. The standard InChI is InChI=1S/C17H34N6O4S/c1-4-10(2)13(18)15(25)22-11(6-5-8-21-17(19)20)14(24)23-12(16(26)27)7-9-28-3/h10-13H,4-9,18H2,1-3H3,(H,22,25)(H,23,24)(H,26,27)(H4,19,20,21). The average Bonchev–Trinajstić information content (AvgIpc) is 2.65. The van der Waals surface area contributed by atoms with E-state index in [4.69, 9.17) is 17.2 Å². The van der Waals surface area contributed by atoms with E-state index in [2.05, 4.69) is 15.6 Å². The van der Waals surface area contributed by atoms with E-state index in [1.165, 1.54) is 11.8 Å². The van der Waals surface area contributed by atoms with Gasteiger partial charge in [-0.1, -0.05) is 20.3 Å². The van der Waals surface area contributed by atoms with Crippen molar-refractivity contribution in [1.82, 2.24) is 10.6 Å². The van der Waals surface area contributed by atoms with Crippen LogP contribution in [0.2, 0.25) is 0 Å². The summed E-state index contributed by atoms with van der Waals surface area (Å²) < 4.78 is 0. The number of thioether (sulfide) groups is 1. The number of carboxylic acid groups (broad SMARTS) is 1. The van der Waals surface area contributed by atoms with Gasteiger partial charge in [-0.2, -0.15) is 11.8 Å². The van der Waals surface area contributed by atoms with Crippen LogP contribution in [0.3, 0.4) is 0 Å². The number of nitrogens with one attached hydrogen (secondary N) is 2. The summed E-state index contributed by atoms with van der Waals surface area (Å²) in [4.78, 5) is 40.2. The number of nitrogens with two attached hydrogens (primary N) is 3. The van der Waals surface area contributed by atoms with Gasteiger partial charge in [-0.15, -0.1) is 0 Å². The normalized spacial score (nSPS) is 15.0. The molecule has 0 saturated heterocycles. The van der Waals surface area contributed by atoms with Crippen molar-refractivity contribution in [2.45, 2.75) is 57.7 Å². The lowest BCUT2D eigenvalue weighted by Gasteiger charge is -2.24. The molecule has 9 N–H and O–H groups in total. The molecule has 4 atom stereocenters. The second-order valence-electron chi connectivity index (χ2n) is 6.60. The van der Waals surface area contributed by atoms with Gasteiger partial charge in [0.15, 0.2) is 5.96 Å². The summed E-state index contributed by atoms with van der Waals surface area (Å²) >= 11 is 1.48. The molecular weight excluding hydrogens is 384 g/mol. The van der Waals surface area contributed by atoms with Crippen LogP contribution in [-0.4, -0.2) is 65.5 Å². The van der Waals surface area contributed by atoms with Crippen LogP contribution in [0.15, 0.2) is 4.99 Å². The molecule has 0 saturated carbocycles. The molecular formula is C17H34N6O4S. The first-order valence-electron chi connectivity index (χ1n) is 9.27. The highest BCUT2D eigenvalue weighted by molar-refractivity contribution is 7.98. The molecule has 0 rings (SSSR count). The number of aliphatic carboxylic acids is 1. The zero-order valence-electron chi connectivity index (χ0n) is 16.8. The SMILES string of the molecule is CCC(C)C(N)C(=O)NC(CCCN=C(N)N)C(=O)NC(CCSC)C(=O)O. The van der Waals surface area contributed by atoms with Gasteiger partial charge in [-0.05, 0) is 37.2 Å². The average molecular weight is 419 g/mol. The molecule has 0 aliphatic heterocycles. The van der Waals surface area contributed by atoms with Crippen molar-refractivity contribution in [2.75, 3.05) is 18.6 Å². The molecule has 0 aromatic carbocycles. The lowest BCUT2D eigenvalue weighted by atomic mass is 9.98. The zero-order chi connectivity index (χ0) is 21.7. The molecule has 0 aromatic rings. The van der Waals surface area contributed by atoms with Crippen molar-refractivity contribution < 1.29 is 19.5 Å². The number of carbonyl (C=O) groups is 3. The molecule has 0 fully saturated rings. The maximum atomic E-state index is 12.6. The fourth-order valence-electron chi connectivity index (χ4n) is 2.32. The summed E-state index contributed by atoms with van der Waals surface area (Å²) in [6.07, 6.45) is 3.52. The Hall–Kier alpha value is -2.01.